The van der Waals surface area contributed by atoms with E-state index in [9.17, 15) is 0 Å². The van der Waals surface area contributed by atoms with E-state index in [1.807, 2.05) is 41.9 Å². The van der Waals surface area contributed by atoms with Gasteiger partial charge in [-0.05, 0) is 30.7 Å². The van der Waals surface area contributed by atoms with Crippen LogP contribution >= 0.6 is 0 Å². The van der Waals surface area contributed by atoms with Gasteiger partial charge >= 0.3 is 0 Å². The number of furan rings is 1. The summed E-state index contributed by atoms with van der Waals surface area (Å²) in [5, 5.41) is 0. The van der Waals surface area contributed by atoms with Gasteiger partial charge in [-0.2, -0.15) is 0 Å². The zero-order chi connectivity index (χ0) is 11.1. The van der Waals surface area contributed by atoms with E-state index in [1.54, 1.807) is 6.26 Å². The molecule has 0 aliphatic rings. The van der Waals surface area contributed by atoms with Crippen LogP contribution in [0.2, 0.25) is 0 Å². The Morgan fingerprint density at radius 3 is 3.00 bits per heavy atom. The van der Waals surface area contributed by atoms with Crippen molar-refractivity contribution < 1.29 is 4.42 Å². The smallest absolute Gasteiger partial charge is 0.160 e. The molecule has 0 radical (unpaired) electrons. The van der Waals surface area contributed by atoms with Crippen LogP contribution in [-0.2, 0) is 0 Å². The second kappa shape index (κ2) is 3.13. The van der Waals surface area contributed by atoms with E-state index >= 15 is 0 Å². The molecule has 3 aromatic heterocycles. The quantitative estimate of drug-likeness (QED) is 0.675. The molecule has 3 aromatic rings. The Morgan fingerprint density at radius 1 is 1.38 bits per heavy atom. The molecule has 0 saturated carbocycles. The molecule has 0 spiro atoms. The van der Waals surface area contributed by atoms with Crippen LogP contribution in [0.25, 0.3) is 17.1 Å². The first-order valence-corrected chi connectivity index (χ1v) is 5.03. The number of nitrogens with two attached hydrogens (primary N) is 1. The van der Waals surface area contributed by atoms with Gasteiger partial charge in [0.25, 0.3) is 0 Å². The Morgan fingerprint density at radius 2 is 2.25 bits per heavy atom. The highest BCUT2D eigenvalue weighted by Gasteiger charge is 2.08. The minimum absolute atomic E-state index is 0.679. The fourth-order valence-corrected chi connectivity index (χ4v) is 1.82. The lowest BCUT2D eigenvalue weighted by Crippen LogP contribution is -1.93. The lowest BCUT2D eigenvalue weighted by atomic mass is 10.3. The Kier molecular flexibility index (Phi) is 1.77. The van der Waals surface area contributed by atoms with E-state index in [2.05, 4.69) is 4.98 Å². The maximum Gasteiger partial charge on any atom is 0.160 e. The van der Waals surface area contributed by atoms with Crippen molar-refractivity contribution in [1.82, 2.24) is 9.38 Å². The Bertz CT molecular complexity index is 638. The lowest BCUT2D eigenvalue weighted by molar-refractivity contribution is 0.580. The third-order valence-corrected chi connectivity index (χ3v) is 2.49. The van der Waals surface area contributed by atoms with E-state index < -0.39 is 0 Å². The molecule has 0 aromatic carbocycles. The predicted octanol–water partition coefficient (Wildman–Crippen LogP) is 2.48. The van der Waals surface area contributed by atoms with Gasteiger partial charge in [0.2, 0.25) is 0 Å². The van der Waals surface area contributed by atoms with Crippen LogP contribution in [0.3, 0.4) is 0 Å². The van der Waals surface area contributed by atoms with E-state index in [0.29, 0.717) is 5.69 Å². The Balaban J connectivity index is 2.27. The molecule has 0 atom stereocenters. The summed E-state index contributed by atoms with van der Waals surface area (Å²) >= 11 is 0. The molecule has 0 unspecified atom stereocenters. The summed E-state index contributed by atoms with van der Waals surface area (Å²) in [4.78, 5) is 4.44. The summed E-state index contributed by atoms with van der Waals surface area (Å²) in [6.45, 7) is 2.00. The molecule has 0 aliphatic carbocycles. The second-order valence-electron chi connectivity index (χ2n) is 3.81. The molecule has 0 bridgehead atoms. The van der Waals surface area contributed by atoms with Crippen molar-refractivity contribution in [3.8, 4) is 11.5 Å². The molecule has 16 heavy (non-hydrogen) atoms. The van der Waals surface area contributed by atoms with Crippen molar-refractivity contribution in [3.63, 3.8) is 0 Å². The van der Waals surface area contributed by atoms with Crippen LogP contribution in [0, 0.1) is 6.92 Å². The average molecular weight is 213 g/mol. The van der Waals surface area contributed by atoms with Crippen LogP contribution in [0.1, 0.15) is 5.56 Å². The van der Waals surface area contributed by atoms with Crippen LogP contribution in [0.4, 0.5) is 5.69 Å². The number of aryl methyl sites for hydroxylation is 1. The number of hydrogen-bond acceptors (Lipinski definition) is 3. The SMILES string of the molecule is Cc1cc(N)c2nc(-c3ccco3)cn2c1. The third kappa shape index (κ3) is 1.27. The average Bonchev–Trinajstić information content (AvgIpc) is 2.82. The number of aromatic nitrogens is 2. The number of pyridine rings is 1. The summed E-state index contributed by atoms with van der Waals surface area (Å²) in [6.07, 6.45) is 5.54. The second-order valence-corrected chi connectivity index (χ2v) is 3.81. The number of imidazole rings is 1. The maximum absolute atomic E-state index is 5.91. The largest absolute Gasteiger partial charge is 0.463 e. The minimum Gasteiger partial charge on any atom is -0.463 e. The van der Waals surface area contributed by atoms with Crippen molar-refractivity contribution in [1.29, 1.82) is 0 Å². The standard InChI is InChI=1S/C12H11N3O/c1-8-5-9(13)12-14-10(7-15(12)6-8)11-3-2-4-16-11/h2-7H,13H2,1H3. The first-order chi connectivity index (χ1) is 7.74. The van der Waals surface area contributed by atoms with Crippen LogP contribution in [-0.4, -0.2) is 9.38 Å². The molecule has 2 N–H and O–H groups in total. The molecule has 0 saturated heterocycles. The topological polar surface area (TPSA) is 56.5 Å². The molecular formula is C12H11N3O. The number of hydrogen-bond donors (Lipinski definition) is 1. The summed E-state index contributed by atoms with van der Waals surface area (Å²) in [7, 11) is 0. The molecule has 80 valence electrons. The highest BCUT2D eigenvalue weighted by molar-refractivity contribution is 5.69. The zero-order valence-electron chi connectivity index (χ0n) is 8.84. The molecular weight excluding hydrogens is 202 g/mol. The van der Waals surface area contributed by atoms with Crippen molar-refractivity contribution >= 4 is 11.3 Å². The van der Waals surface area contributed by atoms with Crippen molar-refractivity contribution in [2.75, 3.05) is 5.73 Å². The monoisotopic (exact) mass is 213 g/mol. The highest BCUT2D eigenvalue weighted by atomic mass is 16.3. The summed E-state index contributed by atoms with van der Waals surface area (Å²) in [5.41, 5.74) is 9.25. The molecule has 0 aliphatic heterocycles. The number of nitrogens with zero attached hydrogens (tertiary/aromatic N) is 2. The molecule has 0 amide bonds. The van der Waals surface area contributed by atoms with Gasteiger partial charge in [0, 0.05) is 12.4 Å². The Labute approximate surface area is 92.3 Å². The van der Waals surface area contributed by atoms with Gasteiger partial charge in [-0.1, -0.05) is 0 Å². The summed E-state index contributed by atoms with van der Waals surface area (Å²) < 4.78 is 7.22. The molecule has 3 heterocycles. The fraction of sp³-hybridized carbons (Fsp3) is 0.0833. The molecule has 4 heteroatoms. The minimum atomic E-state index is 0.679. The fourth-order valence-electron chi connectivity index (χ4n) is 1.82. The van der Waals surface area contributed by atoms with Gasteiger partial charge < -0.3 is 14.6 Å². The van der Waals surface area contributed by atoms with E-state index in [-0.39, 0.29) is 0 Å². The van der Waals surface area contributed by atoms with Gasteiger partial charge in [0.1, 0.15) is 5.69 Å². The maximum atomic E-state index is 5.91. The first-order valence-electron chi connectivity index (χ1n) is 5.03. The first kappa shape index (κ1) is 9.03. The van der Waals surface area contributed by atoms with E-state index in [1.165, 1.54) is 0 Å². The van der Waals surface area contributed by atoms with Gasteiger partial charge in [-0.25, -0.2) is 4.98 Å². The van der Waals surface area contributed by atoms with Crippen molar-refractivity contribution in [2.24, 2.45) is 0 Å². The third-order valence-electron chi connectivity index (χ3n) is 2.49. The van der Waals surface area contributed by atoms with Crippen molar-refractivity contribution in [3.05, 3.63) is 42.4 Å². The van der Waals surface area contributed by atoms with E-state index in [4.69, 9.17) is 10.2 Å². The van der Waals surface area contributed by atoms with Gasteiger partial charge in [0.15, 0.2) is 11.4 Å². The molecule has 0 fully saturated rings. The molecule has 3 rings (SSSR count). The lowest BCUT2D eigenvalue weighted by Gasteiger charge is -1.98. The summed E-state index contributed by atoms with van der Waals surface area (Å²) in [5.74, 6) is 0.751. The van der Waals surface area contributed by atoms with E-state index in [0.717, 1.165) is 22.7 Å². The zero-order valence-corrected chi connectivity index (χ0v) is 8.84. The number of nitrogen functional groups attached to an aromatic ring is 1. The van der Waals surface area contributed by atoms with Gasteiger partial charge in [0.05, 0.1) is 12.0 Å². The highest BCUT2D eigenvalue weighted by Crippen LogP contribution is 2.22. The number of anilines is 1. The predicted molar refractivity (Wildman–Crippen MR) is 62.0 cm³/mol. The summed E-state index contributed by atoms with van der Waals surface area (Å²) in [6, 6.07) is 5.63. The number of fused-ring (bicyclic) bond motifs is 1. The number of rotatable bonds is 1. The van der Waals surface area contributed by atoms with Crippen LogP contribution in [0.15, 0.2) is 41.3 Å². The van der Waals surface area contributed by atoms with Crippen LogP contribution < -0.4 is 5.73 Å². The normalized spacial score (nSPS) is 11.1. The Hall–Kier alpha value is -2.23. The van der Waals surface area contributed by atoms with Crippen molar-refractivity contribution in [2.45, 2.75) is 6.92 Å². The van der Waals surface area contributed by atoms with Crippen LogP contribution in [0.5, 0.6) is 0 Å². The van der Waals surface area contributed by atoms with Gasteiger partial charge in [-0.3, -0.25) is 0 Å². The van der Waals surface area contributed by atoms with Gasteiger partial charge in [-0.15, -0.1) is 0 Å². The molecule has 4 nitrogen and oxygen atoms in total.